The highest BCUT2D eigenvalue weighted by Crippen LogP contribution is 2.41. The van der Waals surface area contributed by atoms with Gasteiger partial charge >= 0.3 is 0 Å². The lowest BCUT2D eigenvalue weighted by atomic mass is 9.80. The van der Waals surface area contributed by atoms with Crippen LogP contribution in [0.25, 0.3) is 54.4 Å². The Morgan fingerprint density at radius 1 is 0.800 bits per heavy atom. The molecule has 0 aliphatic carbocycles. The summed E-state index contributed by atoms with van der Waals surface area (Å²) in [5, 5.41) is 3.55. The SMILES string of the molecule is Cc1cc2cc3oc4c(-c5cc(-c6c(C)cccc6C)c(C(C)(C)C)cn5)cccc4c3cc2s1. The maximum atomic E-state index is 6.51. The Morgan fingerprint density at radius 2 is 1.54 bits per heavy atom. The summed E-state index contributed by atoms with van der Waals surface area (Å²) >= 11 is 1.83. The number of aromatic nitrogens is 1. The summed E-state index contributed by atoms with van der Waals surface area (Å²) < 4.78 is 7.81. The van der Waals surface area contributed by atoms with Crippen molar-refractivity contribution in [2.24, 2.45) is 0 Å². The predicted octanol–water partition coefficient (Wildman–Crippen LogP) is 9.75. The number of rotatable bonds is 2. The molecule has 0 aliphatic heterocycles. The van der Waals surface area contributed by atoms with Crippen molar-refractivity contribution >= 4 is 43.4 Å². The van der Waals surface area contributed by atoms with Gasteiger partial charge in [0.2, 0.25) is 0 Å². The molecule has 0 fully saturated rings. The first kappa shape index (κ1) is 22.1. The Hall–Kier alpha value is -3.43. The summed E-state index contributed by atoms with van der Waals surface area (Å²) in [4.78, 5) is 6.30. The predicted molar refractivity (Wildman–Crippen MR) is 151 cm³/mol. The molecule has 0 N–H and O–H groups in total. The highest BCUT2D eigenvalue weighted by Gasteiger charge is 2.23. The number of fused-ring (bicyclic) bond motifs is 4. The molecule has 2 nitrogen and oxygen atoms in total. The van der Waals surface area contributed by atoms with Crippen LogP contribution in [0.1, 0.15) is 42.3 Å². The lowest BCUT2D eigenvalue weighted by Crippen LogP contribution is -2.14. The maximum Gasteiger partial charge on any atom is 0.144 e. The van der Waals surface area contributed by atoms with Gasteiger partial charge in [0.25, 0.3) is 0 Å². The molecule has 35 heavy (non-hydrogen) atoms. The number of benzene rings is 3. The minimum atomic E-state index is -0.0230. The number of aryl methyl sites for hydroxylation is 3. The third-order valence-corrected chi connectivity index (χ3v) is 8.01. The number of hydrogen-bond donors (Lipinski definition) is 0. The summed E-state index contributed by atoms with van der Waals surface area (Å²) in [6.45, 7) is 13.3. The number of pyridine rings is 1. The average molecular weight is 476 g/mol. The number of hydrogen-bond acceptors (Lipinski definition) is 3. The summed E-state index contributed by atoms with van der Waals surface area (Å²) in [5.41, 5.74) is 10.2. The molecule has 0 spiro atoms. The van der Waals surface area contributed by atoms with Gasteiger partial charge in [0.15, 0.2) is 0 Å². The summed E-state index contributed by atoms with van der Waals surface area (Å²) in [5.74, 6) is 0. The van der Waals surface area contributed by atoms with Gasteiger partial charge in [-0.15, -0.1) is 11.3 Å². The summed E-state index contributed by atoms with van der Waals surface area (Å²) in [6, 6.07) is 21.9. The molecule has 0 atom stereocenters. The standard InChI is InChI=1S/C32H29NOS/c1-18-9-7-10-19(2)30(18)25-15-27(33-17-26(25)32(4,5)6)23-12-8-11-22-24-16-29-21(13-20(3)35-29)14-28(24)34-31(22)23/h7-17H,1-6H3. The first-order chi connectivity index (χ1) is 16.7. The molecule has 0 radical (unpaired) electrons. The van der Waals surface area contributed by atoms with Crippen molar-refractivity contribution in [1.82, 2.24) is 4.98 Å². The van der Waals surface area contributed by atoms with Crippen LogP contribution in [0.5, 0.6) is 0 Å². The molecule has 0 saturated heterocycles. The zero-order chi connectivity index (χ0) is 24.5. The van der Waals surface area contributed by atoms with Crippen LogP contribution < -0.4 is 0 Å². The van der Waals surface area contributed by atoms with Crippen LogP contribution >= 0.6 is 11.3 Å². The van der Waals surface area contributed by atoms with Gasteiger partial charge in [0.1, 0.15) is 11.2 Å². The molecule has 0 aliphatic rings. The van der Waals surface area contributed by atoms with Gasteiger partial charge in [-0.3, -0.25) is 4.98 Å². The second-order valence-corrected chi connectivity index (χ2v) is 11.9. The van der Waals surface area contributed by atoms with Crippen LogP contribution in [0.15, 0.2) is 71.3 Å². The molecule has 0 saturated carbocycles. The van der Waals surface area contributed by atoms with Crippen LogP contribution in [0, 0.1) is 20.8 Å². The first-order valence-corrected chi connectivity index (χ1v) is 13.0. The van der Waals surface area contributed by atoms with E-state index in [1.807, 2.05) is 11.3 Å². The lowest BCUT2D eigenvalue weighted by molar-refractivity contribution is 0.589. The Balaban J connectivity index is 1.62. The Morgan fingerprint density at radius 3 is 2.29 bits per heavy atom. The Labute approximate surface area is 210 Å². The average Bonchev–Trinajstić information content (AvgIpc) is 3.34. The van der Waals surface area contributed by atoms with E-state index in [1.54, 1.807) is 0 Å². The van der Waals surface area contributed by atoms with E-state index in [9.17, 15) is 0 Å². The molecule has 0 unspecified atom stereocenters. The van der Waals surface area contributed by atoms with Gasteiger partial charge in [-0.05, 0) is 89.7 Å². The summed E-state index contributed by atoms with van der Waals surface area (Å²) in [6.07, 6.45) is 2.07. The fourth-order valence-corrected chi connectivity index (χ4v) is 6.26. The van der Waals surface area contributed by atoms with Crippen molar-refractivity contribution in [3.8, 4) is 22.4 Å². The van der Waals surface area contributed by atoms with E-state index in [0.717, 1.165) is 33.2 Å². The Kier molecular flexibility index (Phi) is 4.91. The summed E-state index contributed by atoms with van der Waals surface area (Å²) in [7, 11) is 0. The minimum Gasteiger partial charge on any atom is -0.455 e. The highest BCUT2D eigenvalue weighted by atomic mass is 32.1. The lowest BCUT2D eigenvalue weighted by Gasteiger charge is -2.25. The largest absolute Gasteiger partial charge is 0.455 e. The van der Waals surface area contributed by atoms with E-state index in [-0.39, 0.29) is 5.41 Å². The van der Waals surface area contributed by atoms with Crippen LogP contribution in [0.3, 0.4) is 0 Å². The number of thiophene rings is 1. The van der Waals surface area contributed by atoms with Crippen molar-refractivity contribution in [2.75, 3.05) is 0 Å². The van der Waals surface area contributed by atoms with E-state index < -0.39 is 0 Å². The van der Waals surface area contributed by atoms with Gasteiger partial charge < -0.3 is 4.42 Å². The molecule has 3 heteroatoms. The third-order valence-electron chi connectivity index (χ3n) is 7.00. The van der Waals surface area contributed by atoms with Crippen LogP contribution in [0.2, 0.25) is 0 Å². The molecule has 3 aromatic heterocycles. The third kappa shape index (κ3) is 3.57. The van der Waals surface area contributed by atoms with Crippen molar-refractivity contribution in [1.29, 1.82) is 0 Å². The normalized spacial score (nSPS) is 12.3. The fourth-order valence-electron chi connectivity index (χ4n) is 5.31. The molecular formula is C32H29NOS. The molecule has 0 amide bonds. The molecule has 6 rings (SSSR count). The van der Waals surface area contributed by atoms with E-state index in [4.69, 9.17) is 9.40 Å². The van der Waals surface area contributed by atoms with E-state index in [0.29, 0.717) is 0 Å². The van der Waals surface area contributed by atoms with Crippen LogP contribution in [-0.4, -0.2) is 4.98 Å². The topological polar surface area (TPSA) is 26.0 Å². The monoisotopic (exact) mass is 475 g/mol. The molecule has 3 aromatic carbocycles. The number of nitrogens with zero attached hydrogens (tertiary/aromatic N) is 1. The van der Waals surface area contributed by atoms with Crippen molar-refractivity contribution in [2.45, 2.75) is 47.0 Å². The fraction of sp³-hybridized carbons (Fsp3) is 0.219. The van der Waals surface area contributed by atoms with Gasteiger partial charge in [-0.1, -0.05) is 51.1 Å². The Bertz CT molecular complexity index is 1740. The molecule has 174 valence electrons. The molecule has 3 heterocycles. The van der Waals surface area contributed by atoms with Gasteiger partial charge in [-0.2, -0.15) is 0 Å². The molecule has 6 aromatic rings. The zero-order valence-electron chi connectivity index (χ0n) is 21.1. The van der Waals surface area contributed by atoms with E-state index >= 15 is 0 Å². The first-order valence-electron chi connectivity index (χ1n) is 12.1. The maximum absolute atomic E-state index is 6.51. The van der Waals surface area contributed by atoms with Gasteiger partial charge in [0.05, 0.1) is 5.69 Å². The van der Waals surface area contributed by atoms with E-state index in [2.05, 4.69) is 108 Å². The van der Waals surface area contributed by atoms with Gasteiger partial charge in [-0.25, -0.2) is 0 Å². The van der Waals surface area contributed by atoms with Crippen molar-refractivity contribution in [3.05, 3.63) is 88.4 Å². The van der Waals surface area contributed by atoms with Crippen molar-refractivity contribution in [3.63, 3.8) is 0 Å². The quantitative estimate of drug-likeness (QED) is 0.249. The second kappa shape index (κ2) is 7.79. The van der Waals surface area contributed by atoms with E-state index in [1.165, 1.54) is 42.8 Å². The van der Waals surface area contributed by atoms with Crippen molar-refractivity contribution < 1.29 is 4.42 Å². The van der Waals surface area contributed by atoms with Crippen LogP contribution in [-0.2, 0) is 5.41 Å². The van der Waals surface area contributed by atoms with Gasteiger partial charge in [0, 0.05) is 32.1 Å². The van der Waals surface area contributed by atoms with Crippen LogP contribution in [0.4, 0.5) is 0 Å². The second-order valence-electron chi connectivity index (χ2n) is 10.7. The highest BCUT2D eigenvalue weighted by molar-refractivity contribution is 7.19. The zero-order valence-corrected chi connectivity index (χ0v) is 21.9. The smallest absolute Gasteiger partial charge is 0.144 e. The number of para-hydroxylation sites is 1. The molecular weight excluding hydrogens is 446 g/mol. The molecule has 0 bridgehead atoms. The minimum absolute atomic E-state index is 0.0230. The number of furan rings is 1.